The van der Waals surface area contributed by atoms with E-state index in [1.807, 2.05) is 32.9 Å². The number of nitrogens with zero attached hydrogens (tertiary/aromatic N) is 1. The predicted molar refractivity (Wildman–Crippen MR) is 85.7 cm³/mol. The van der Waals surface area contributed by atoms with Crippen molar-refractivity contribution in [1.82, 2.24) is 4.98 Å². The highest BCUT2D eigenvalue weighted by molar-refractivity contribution is 5.54. The lowest BCUT2D eigenvalue weighted by atomic mass is 9.93. The fraction of sp³-hybridized carbons (Fsp3) is 0.688. The van der Waals surface area contributed by atoms with Gasteiger partial charge in [0.05, 0.1) is 5.69 Å². The topological polar surface area (TPSA) is 69.4 Å². The quantitative estimate of drug-likeness (QED) is 0.893. The third kappa shape index (κ3) is 4.77. The highest BCUT2D eigenvalue weighted by atomic mass is 16.5. The predicted octanol–water partition coefficient (Wildman–Crippen LogP) is 3.07. The maximum Gasteiger partial charge on any atom is 0.239 e. The summed E-state index contributed by atoms with van der Waals surface area (Å²) in [5, 5.41) is 3.46. The largest absolute Gasteiger partial charge is 0.470 e. The van der Waals surface area contributed by atoms with E-state index in [2.05, 4.69) is 17.2 Å². The second-order valence-corrected chi connectivity index (χ2v) is 6.69. The first kappa shape index (κ1) is 15.9. The number of aromatic nitrogens is 1. The number of anilines is 2. The van der Waals surface area contributed by atoms with E-state index in [1.54, 1.807) is 0 Å². The number of nitrogens with one attached hydrogen (secondary N) is 1. The van der Waals surface area contributed by atoms with Gasteiger partial charge in [0.25, 0.3) is 0 Å². The van der Waals surface area contributed by atoms with Gasteiger partial charge in [0, 0.05) is 19.3 Å². The number of nitrogens with two attached hydrogens (primary N) is 1. The lowest BCUT2D eigenvalue weighted by molar-refractivity contribution is 0.0622. The second-order valence-electron chi connectivity index (χ2n) is 6.69. The first-order valence-corrected chi connectivity index (χ1v) is 7.65. The Morgan fingerprint density at radius 2 is 2.00 bits per heavy atom. The molecule has 2 heterocycles. The van der Waals surface area contributed by atoms with Crippen LogP contribution in [0.4, 0.5) is 11.5 Å². The summed E-state index contributed by atoms with van der Waals surface area (Å²) in [6, 6.07) is 4.10. The number of pyridine rings is 1. The maximum absolute atomic E-state index is 5.94. The Hall–Kier alpha value is -1.49. The molecule has 1 saturated heterocycles. The van der Waals surface area contributed by atoms with Crippen molar-refractivity contribution in [1.29, 1.82) is 0 Å². The van der Waals surface area contributed by atoms with Gasteiger partial charge in [0.15, 0.2) is 0 Å². The minimum absolute atomic E-state index is 0.313. The van der Waals surface area contributed by atoms with Gasteiger partial charge < -0.3 is 20.5 Å². The molecule has 5 heteroatoms. The van der Waals surface area contributed by atoms with E-state index in [-0.39, 0.29) is 5.60 Å². The van der Waals surface area contributed by atoms with Crippen molar-refractivity contribution in [2.45, 2.75) is 52.2 Å². The molecule has 3 N–H and O–H groups in total. The minimum atomic E-state index is -0.313. The number of hydrogen-bond acceptors (Lipinski definition) is 5. The number of rotatable bonds is 4. The monoisotopic (exact) mass is 293 g/mol. The van der Waals surface area contributed by atoms with Gasteiger partial charge in [-0.05, 0) is 58.6 Å². The van der Waals surface area contributed by atoms with Crippen molar-refractivity contribution in [2.24, 2.45) is 5.92 Å². The molecule has 5 nitrogen and oxygen atoms in total. The van der Waals surface area contributed by atoms with Crippen molar-refractivity contribution >= 4 is 11.5 Å². The molecule has 1 aromatic heterocycles. The average molecular weight is 293 g/mol. The van der Waals surface area contributed by atoms with E-state index in [0.29, 0.717) is 23.5 Å². The number of nitrogen functional groups attached to an aromatic ring is 1. The van der Waals surface area contributed by atoms with E-state index >= 15 is 0 Å². The minimum Gasteiger partial charge on any atom is -0.470 e. The van der Waals surface area contributed by atoms with E-state index in [9.17, 15) is 0 Å². The molecular weight excluding hydrogens is 266 g/mol. The molecule has 1 fully saturated rings. The summed E-state index contributed by atoms with van der Waals surface area (Å²) in [5.41, 5.74) is 6.19. The molecule has 0 spiro atoms. The van der Waals surface area contributed by atoms with Crippen LogP contribution in [0.3, 0.4) is 0 Å². The van der Waals surface area contributed by atoms with Crippen molar-refractivity contribution in [3.8, 4) is 5.88 Å². The molecule has 0 aliphatic carbocycles. The zero-order chi connectivity index (χ0) is 15.5. The molecule has 21 heavy (non-hydrogen) atoms. The van der Waals surface area contributed by atoms with Gasteiger partial charge in [-0.15, -0.1) is 0 Å². The van der Waals surface area contributed by atoms with Crippen LogP contribution in [0.15, 0.2) is 12.1 Å². The van der Waals surface area contributed by atoms with Crippen molar-refractivity contribution in [2.75, 3.05) is 24.3 Å². The second kappa shape index (κ2) is 6.52. The third-order valence-electron chi connectivity index (χ3n) is 3.64. The average Bonchev–Trinajstić information content (AvgIpc) is 2.42. The number of hydrogen-bond donors (Lipinski definition) is 2. The van der Waals surface area contributed by atoms with Crippen LogP contribution in [0.2, 0.25) is 0 Å². The zero-order valence-corrected chi connectivity index (χ0v) is 13.5. The van der Waals surface area contributed by atoms with E-state index in [4.69, 9.17) is 15.2 Å². The first-order chi connectivity index (χ1) is 9.85. The zero-order valence-electron chi connectivity index (χ0n) is 13.5. The molecule has 2 rings (SSSR count). The van der Waals surface area contributed by atoms with Crippen LogP contribution in [-0.2, 0) is 4.74 Å². The lowest BCUT2D eigenvalue weighted by Crippen LogP contribution is -2.31. The molecule has 1 aliphatic heterocycles. The molecule has 0 bridgehead atoms. The summed E-state index contributed by atoms with van der Waals surface area (Å²) in [4.78, 5) is 4.50. The smallest absolute Gasteiger partial charge is 0.239 e. The standard InChI is InChI=1S/C16H27N3O2/c1-11(12-7-9-20-10-8-12)18-14-6-5-13(17)15(19-14)21-16(2,3)4/h5-6,11-12H,7-10,17H2,1-4H3,(H,18,19). The Bertz CT molecular complexity index is 465. The fourth-order valence-corrected chi connectivity index (χ4v) is 2.47. The summed E-state index contributed by atoms with van der Waals surface area (Å²) in [5.74, 6) is 1.92. The van der Waals surface area contributed by atoms with Gasteiger partial charge in [-0.2, -0.15) is 4.98 Å². The van der Waals surface area contributed by atoms with Gasteiger partial charge in [0.2, 0.25) is 5.88 Å². The molecule has 1 aliphatic rings. The Balaban J connectivity index is 2.04. The lowest BCUT2D eigenvalue weighted by Gasteiger charge is -2.29. The maximum atomic E-state index is 5.94. The van der Waals surface area contributed by atoms with Gasteiger partial charge in [-0.1, -0.05) is 0 Å². The summed E-state index contributed by atoms with van der Waals surface area (Å²) < 4.78 is 11.2. The van der Waals surface area contributed by atoms with Crippen LogP contribution in [0, 0.1) is 5.92 Å². The molecule has 0 amide bonds. The van der Waals surface area contributed by atoms with Gasteiger partial charge >= 0.3 is 0 Å². The number of ether oxygens (including phenoxy) is 2. The van der Waals surface area contributed by atoms with Gasteiger partial charge in [-0.25, -0.2) is 0 Å². The molecule has 118 valence electrons. The first-order valence-electron chi connectivity index (χ1n) is 7.65. The van der Waals surface area contributed by atoms with Gasteiger partial charge in [0.1, 0.15) is 11.4 Å². The van der Waals surface area contributed by atoms with Crippen molar-refractivity contribution in [3.63, 3.8) is 0 Å². The fourth-order valence-electron chi connectivity index (χ4n) is 2.47. The van der Waals surface area contributed by atoms with Crippen molar-refractivity contribution in [3.05, 3.63) is 12.1 Å². The van der Waals surface area contributed by atoms with E-state index in [1.165, 1.54) is 0 Å². The Morgan fingerprint density at radius 1 is 1.33 bits per heavy atom. The Labute approximate surface area is 127 Å². The van der Waals surface area contributed by atoms with Crippen LogP contribution in [0.1, 0.15) is 40.5 Å². The Kier molecular flexibility index (Phi) is 4.93. The van der Waals surface area contributed by atoms with E-state index in [0.717, 1.165) is 31.9 Å². The molecule has 0 aromatic carbocycles. The SMILES string of the molecule is CC(Nc1ccc(N)c(OC(C)(C)C)n1)C1CCOCC1. The van der Waals surface area contributed by atoms with Crippen LogP contribution >= 0.6 is 0 Å². The molecule has 1 unspecified atom stereocenters. The summed E-state index contributed by atoms with van der Waals surface area (Å²) in [6.07, 6.45) is 2.18. The molecule has 0 saturated carbocycles. The third-order valence-corrected chi connectivity index (χ3v) is 3.64. The van der Waals surface area contributed by atoms with Crippen LogP contribution in [0.5, 0.6) is 5.88 Å². The van der Waals surface area contributed by atoms with Gasteiger partial charge in [-0.3, -0.25) is 0 Å². The summed E-state index contributed by atoms with van der Waals surface area (Å²) in [6.45, 7) is 9.85. The molecule has 1 atom stereocenters. The van der Waals surface area contributed by atoms with Crippen LogP contribution in [0.25, 0.3) is 0 Å². The summed E-state index contributed by atoms with van der Waals surface area (Å²) in [7, 11) is 0. The molecular formula is C16H27N3O2. The molecule has 1 aromatic rings. The normalized spacial score (nSPS) is 18.3. The highest BCUT2D eigenvalue weighted by Crippen LogP contribution is 2.27. The van der Waals surface area contributed by atoms with Crippen LogP contribution in [-0.4, -0.2) is 29.8 Å². The van der Waals surface area contributed by atoms with E-state index < -0.39 is 0 Å². The summed E-state index contributed by atoms with van der Waals surface area (Å²) >= 11 is 0. The van der Waals surface area contributed by atoms with Crippen molar-refractivity contribution < 1.29 is 9.47 Å². The highest BCUT2D eigenvalue weighted by Gasteiger charge is 2.21. The Morgan fingerprint density at radius 3 is 2.62 bits per heavy atom. The molecule has 0 radical (unpaired) electrons. The van der Waals surface area contributed by atoms with Crippen LogP contribution < -0.4 is 15.8 Å².